The van der Waals surface area contributed by atoms with Crippen molar-refractivity contribution >= 4 is 11.5 Å². The summed E-state index contributed by atoms with van der Waals surface area (Å²) in [6, 6.07) is 1.90. The van der Waals surface area contributed by atoms with Crippen molar-refractivity contribution in [2.24, 2.45) is 9.98 Å². The molecule has 19 heavy (non-hydrogen) atoms. The van der Waals surface area contributed by atoms with Gasteiger partial charge in [-0.3, -0.25) is 4.99 Å². The van der Waals surface area contributed by atoms with Crippen molar-refractivity contribution in [3.05, 3.63) is 48.9 Å². The Kier molecular flexibility index (Phi) is 8.55. The maximum atomic E-state index is 12.8. The maximum absolute atomic E-state index is 12.8. The third-order valence-electron chi connectivity index (χ3n) is 2.16. The smallest absolute Gasteiger partial charge is 0.142 e. The Balaban J connectivity index is 4.44. The first-order valence-corrected chi connectivity index (χ1v) is 5.81. The summed E-state index contributed by atoms with van der Waals surface area (Å²) in [7, 11) is 0. The predicted octanol–water partition coefficient (Wildman–Crippen LogP) is 3.93. The second-order valence-corrected chi connectivity index (χ2v) is 3.76. The molecular weight excluding hydrogens is 241 g/mol. The zero-order valence-corrected chi connectivity index (χ0v) is 11.4. The Morgan fingerprint density at radius 1 is 1.26 bits per heavy atom. The summed E-state index contributed by atoms with van der Waals surface area (Å²) in [6.07, 6.45) is 6.29. The molecule has 0 atom stereocenters. The van der Waals surface area contributed by atoms with Gasteiger partial charge in [-0.05, 0) is 38.5 Å². The molecule has 0 aromatic heterocycles. The molecule has 0 radical (unpaired) electrons. The Morgan fingerprint density at radius 2 is 1.95 bits per heavy atom. The highest BCUT2D eigenvalue weighted by Gasteiger charge is 1.93. The SMILES string of the molecule is C=CC(F)=CC=C(C)CCN=C(C)N=C(C#N)C=C. The van der Waals surface area contributed by atoms with E-state index in [0.717, 1.165) is 11.6 Å². The molecule has 0 aromatic carbocycles. The first-order valence-electron chi connectivity index (χ1n) is 5.81. The van der Waals surface area contributed by atoms with Crippen molar-refractivity contribution in [3.63, 3.8) is 0 Å². The van der Waals surface area contributed by atoms with Gasteiger partial charge in [0.2, 0.25) is 0 Å². The normalized spacial score (nSPS) is 14.0. The Morgan fingerprint density at radius 3 is 2.47 bits per heavy atom. The van der Waals surface area contributed by atoms with Crippen LogP contribution in [0.1, 0.15) is 20.3 Å². The Bertz CT molecular complexity index is 488. The van der Waals surface area contributed by atoms with E-state index in [1.807, 2.05) is 13.0 Å². The zero-order chi connectivity index (χ0) is 14.7. The molecule has 0 aromatic rings. The molecule has 0 saturated heterocycles. The lowest BCUT2D eigenvalue weighted by Gasteiger charge is -1.97. The highest BCUT2D eigenvalue weighted by atomic mass is 19.1. The van der Waals surface area contributed by atoms with Crippen molar-refractivity contribution in [1.29, 1.82) is 5.26 Å². The lowest BCUT2D eigenvalue weighted by Crippen LogP contribution is -1.96. The van der Waals surface area contributed by atoms with Crippen molar-refractivity contribution in [2.45, 2.75) is 20.3 Å². The Hall–Kier alpha value is -2.28. The molecule has 0 unspecified atom stereocenters. The minimum atomic E-state index is -0.367. The zero-order valence-electron chi connectivity index (χ0n) is 11.4. The third-order valence-corrected chi connectivity index (χ3v) is 2.16. The Labute approximate surface area is 113 Å². The molecule has 4 heteroatoms. The van der Waals surface area contributed by atoms with E-state index in [2.05, 4.69) is 23.1 Å². The summed E-state index contributed by atoms with van der Waals surface area (Å²) < 4.78 is 12.8. The minimum absolute atomic E-state index is 0.240. The molecule has 0 aliphatic heterocycles. The molecule has 0 heterocycles. The summed E-state index contributed by atoms with van der Waals surface area (Å²) in [5, 5.41) is 8.67. The fourth-order valence-electron chi connectivity index (χ4n) is 1.09. The molecule has 0 N–H and O–H groups in total. The molecule has 0 aliphatic rings. The van der Waals surface area contributed by atoms with Gasteiger partial charge in [0, 0.05) is 6.54 Å². The summed E-state index contributed by atoms with van der Waals surface area (Å²) in [6.45, 7) is 11.0. The van der Waals surface area contributed by atoms with Crippen LogP contribution in [0.3, 0.4) is 0 Å². The van der Waals surface area contributed by atoms with E-state index >= 15 is 0 Å². The van der Waals surface area contributed by atoms with E-state index < -0.39 is 0 Å². The van der Waals surface area contributed by atoms with Crippen LogP contribution in [0.15, 0.2) is 58.8 Å². The second kappa shape index (κ2) is 9.72. The third kappa shape index (κ3) is 8.44. The molecule has 0 bridgehead atoms. The summed E-state index contributed by atoms with van der Waals surface area (Å²) >= 11 is 0. The fourth-order valence-corrected chi connectivity index (χ4v) is 1.09. The van der Waals surface area contributed by atoms with Crippen LogP contribution in [-0.2, 0) is 0 Å². The second-order valence-electron chi connectivity index (χ2n) is 3.76. The lowest BCUT2D eigenvalue weighted by molar-refractivity contribution is 0.667. The number of nitriles is 1. The van der Waals surface area contributed by atoms with Crippen molar-refractivity contribution in [2.75, 3.05) is 6.54 Å². The predicted molar refractivity (Wildman–Crippen MR) is 79.0 cm³/mol. The monoisotopic (exact) mass is 259 g/mol. The number of halogens is 1. The minimum Gasteiger partial charge on any atom is -0.270 e. The van der Waals surface area contributed by atoms with Crippen molar-refractivity contribution < 1.29 is 4.39 Å². The van der Waals surface area contributed by atoms with Gasteiger partial charge in [0.1, 0.15) is 23.4 Å². The summed E-state index contributed by atoms with van der Waals surface area (Å²) in [4.78, 5) is 8.18. The van der Waals surface area contributed by atoms with Crippen molar-refractivity contribution in [1.82, 2.24) is 0 Å². The van der Waals surface area contributed by atoms with E-state index in [9.17, 15) is 4.39 Å². The average molecular weight is 259 g/mol. The number of amidine groups is 1. The van der Waals surface area contributed by atoms with Gasteiger partial charge in [0.05, 0.1) is 0 Å². The maximum Gasteiger partial charge on any atom is 0.142 e. The molecule has 0 rings (SSSR count). The van der Waals surface area contributed by atoms with Crippen molar-refractivity contribution in [3.8, 4) is 6.07 Å². The van der Waals surface area contributed by atoms with Crippen LogP contribution in [0.4, 0.5) is 4.39 Å². The largest absolute Gasteiger partial charge is 0.270 e. The summed E-state index contributed by atoms with van der Waals surface area (Å²) in [5.41, 5.74) is 1.24. The number of allylic oxidation sites excluding steroid dienone is 5. The quantitative estimate of drug-likeness (QED) is 0.405. The van der Waals surface area contributed by atoms with E-state index in [1.165, 1.54) is 12.2 Å². The van der Waals surface area contributed by atoms with E-state index in [4.69, 9.17) is 5.26 Å². The van der Waals surface area contributed by atoms with Gasteiger partial charge in [-0.2, -0.15) is 5.26 Å². The van der Waals surface area contributed by atoms with Gasteiger partial charge < -0.3 is 0 Å². The fraction of sp³-hybridized carbons (Fsp3) is 0.267. The number of nitrogens with zero attached hydrogens (tertiary/aromatic N) is 3. The lowest BCUT2D eigenvalue weighted by atomic mass is 10.2. The number of rotatable bonds is 6. The molecule has 0 saturated carbocycles. The van der Waals surface area contributed by atoms with Gasteiger partial charge in [-0.1, -0.05) is 24.8 Å². The number of hydrogen-bond acceptors (Lipinski definition) is 2. The highest BCUT2D eigenvalue weighted by Crippen LogP contribution is 2.04. The standard InChI is InChI=1S/C15H18FN3/c1-5-14(16)8-7-12(3)9-10-18-13(4)19-15(6-2)11-17/h5-8H,1-2,9-10H2,3-4H3. The van der Waals surface area contributed by atoms with Gasteiger partial charge in [0.15, 0.2) is 0 Å². The van der Waals surface area contributed by atoms with E-state index in [-0.39, 0.29) is 11.5 Å². The van der Waals surface area contributed by atoms with Gasteiger partial charge in [-0.25, -0.2) is 9.38 Å². The topological polar surface area (TPSA) is 48.5 Å². The molecule has 100 valence electrons. The van der Waals surface area contributed by atoms with Crippen LogP contribution in [0.2, 0.25) is 0 Å². The molecule has 0 fully saturated rings. The van der Waals surface area contributed by atoms with Crippen LogP contribution in [0.25, 0.3) is 0 Å². The van der Waals surface area contributed by atoms with Crippen LogP contribution in [0.5, 0.6) is 0 Å². The van der Waals surface area contributed by atoms with Crippen LogP contribution >= 0.6 is 0 Å². The first kappa shape index (κ1) is 16.7. The van der Waals surface area contributed by atoms with E-state index in [0.29, 0.717) is 18.8 Å². The molecule has 0 spiro atoms. The molecule has 0 aliphatic carbocycles. The average Bonchev–Trinajstić information content (AvgIpc) is 2.41. The van der Waals surface area contributed by atoms with Gasteiger partial charge in [0.25, 0.3) is 0 Å². The number of hydrogen-bond donors (Lipinski definition) is 0. The van der Waals surface area contributed by atoms with Gasteiger partial charge >= 0.3 is 0 Å². The van der Waals surface area contributed by atoms with Crippen LogP contribution in [0, 0.1) is 11.3 Å². The van der Waals surface area contributed by atoms with E-state index in [1.54, 1.807) is 13.0 Å². The summed E-state index contributed by atoms with van der Waals surface area (Å²) in [5.74, 6) is 0.158. The highest BCUT2D eigenvalue weighted by molar-refractivity contribution is 6.12. The molecule has 3 nitrogen and oxygen atoms in total. The first-order chi connectivity index (χ1) is 9.03. The van der Waals surface area contributed by atoms with Crippen LogP contribution in [-0.4, -0.2) is 18.1 Å². The number of aliphatic imine (C=N–C) groups is 2. The van der Waals surface area contributed by atoms with Gasteiger partial charge in [-0.15, -0.1) is 0 Å². The molecular formula is C15H18FN3. The molecule has 0 amide bonds. The van der Waals surface area contributed by atoms with Crippen LogP contribution < -0.4 is 0 Å².